The zero-order chi connectivity index (χ0) is 14.4. The number of Topliss-reactive ketones (excluding diaryl/α,β-unsaturated/α-hetero) is 1. The summed E-state index contributed by atoms with van der Waals surface area (Å²) in [5.41, 5.74) is 10.1. The van der Waals surface area contributed by atoms with Crippen molar-refractivity contribution in [2.24, 2.45) is 5.73 Å². The second-order valence-electron chi connectivity index (χ2n) is 5.05. The molecule has 3 nitrogen and oxygen atoms in total. The van der Waals surface area contributed by atoms with E-state index in [1.165, 1.54) is 0 Å². The molecule has 0 amide bonds. The third-order valence-electron chi connectivity index (χ3n) is 3.81. The van der Waals surface area contributed by atoms with Crippen LogP contribution in [0.25, 0.3) is 22.2 Å². The topological polar surface area (TPSA) is 56.0 Å². The molecule has 21 heavy (non-hydrogen) atoms. The summed E-state index contributed by atoms with van der Waals surface area (Å²) in [6.07, 6.45) is 0. The van der Waals surface area contributed by atoms with Gasteiger partial charge in [-0.15, -0.1) is 0 Å². The number of ketones is 1. The Kier molecular flexibility index (Phi) is 2.42. The zero-order valence-electron chi connectivity index (χ0n) is 11.2. The van der Waals surface area contributed by atoms with E-state index in [0.717, 1.165) is 16.5 Å². The number of hydrogen-bond donors (Lipinski definition) is 1. The number of hydrogen-bond acceptors (Lipinski definition) is 3. The number of para-hydroxylation sites is 1. The van der Waals surface area contributed by atoms with Gasteiger partial charge in [0.1, 0.15) is 0 Å². The number of allylic oxidation sites excluding steroid dienone is 1. The van der Waals surface area contributed by atoms with Gasteiger partial charge in [-0.05, 0) is 12.1 Å². The Morgan fingerprint density at radius 3 is 2.33 bits per heavy atom. The van der Waals surface area contributed by atoms with Crippen molar-refractivity contribution in [2.45, 2.75) is 0 Å². The molecule has 0 saturated heterocycles. The first-order valence-corrected chi connectivity index (χ1v) is 6.76. The fraction of sp³-hybridized carbons (Fsp3) is 0. The van der Waals surface area contributed by atoms with Gasteiger partial charge >= 0.3 is 0 Å². The van der Waals surface area contributed by atoms with Crippen molar-refractivity contribution in [3.05, 3.63) is 77.5 Å². The van der Waals surface area contributed by atoms with Crippen LogP contribution in [0.2, 0.25) is 0 Å². The van der Waals surface area contributed by atoms with E-state index in [0.29, 0.717) is 22.5 Å². The van der Waals surface area contributed by atoms with Gasteiger partial charge < -0.3 is 5.73 Å². The lowest BCUT2D eigenvalue weighted by atomic mass is 10.1. The van der Waals surface area contributed by atoms with Crippen LogP contribution in [-0.4, -0.2) is 10.8 Å². The Morgan fingerprint density at radius 1 is 0.810 bits per heavy atom. The summed E-state index contributed by atoms with van der Waals surface area (Å²) in [5, 5.41) is 1.04. The smallest absolute Gasteiger partial charge is 0.197 e. The highest BCUT2D eigenvalue weighted by Crippen LogP contribution is 2.34. The van der Waals surface area contributed by atoms with Gasteiger partial charge in [0.25, 0.3) is 0 Å². The number of pyridine rings is 1. The van der Waals surface area contributed by atoms with Crippen LogP contribution in [0.1, 0.15) is 21.6 Å². The number of fused-ring (bicyclic) bond motifs is 2. The zero-order valence-corrected chi connectivity index (χ0v) is 11.2. The fourth-order valence-electron chi connectivity index (χ4n) is 2.77. The Hall–Kier alpha value is -2.94. The number of nitrogens with two attached hydrogens (primary N) is 1. The molecule has 2 N–H and O–H groups in total. The molecule has 0 radical (unpaired) electrons. The first-order chi connectivity index (χ1) is 10.3. The Morgan fingerprint density at radius 2 is 1.52 bits per heavy atom. The summed E-state index contributed by atoms with van der Waals surface area (Å²) in [6, 6.07) is 19.1. The van der Waals surface area contributed by atoms with E-state index in [1.807, 2.05) is 54.6 Å². The molecule has 0 unspecified atom stereocenters. The SMILES string of the molecule is NC1=C(c2ccc3ccccc3n2)C(=O)c2ccccc21. The molecule has 4 rings (SSSR count). The molecule has 1 aliphatic carbocycles. The number of carbonyl (C=O) groups excluding carboxylic acids is 1. The molecule has 0 bridgehead atoms. The molecular weight excluding hydrogens is 260 g/mol. The molecule has 1 heterocycles. The number of rotatable bonds is 1. The summed E-state index contributed by atoms with van der Waals surface area (Å²) in [7, 11) is 0. The summed E-state index contributed by atoms with van der Waals surface area (Å²) < 4.78 is 0. The molecule has 2 aromatic carbocycles. The normalized spacial score (nSPS) is 13.8. The molecule has 100 valence electrons. The van der Waals surface area contributed by atoms with Crippen molar-refractivity contribution in [2.75, 3.05) is 0 Å². The first-order valence-electron chi connectivity index (χ1n) is 6.76. The van der Waals surface area contributed by atoms with E-state index in [4.69, 9.17) is 5.73 Å². The molecule has 0 saturated carbocycles. The van der Waals surface area contributed by atoms with Crippen LogP contribution in [0.3, 0.4) is 0 Å². The van der Waals surface area contributed by atoms with E-state index >= 15 is 0 Å². The number of nitrogens with zero attached hydrogens (tertiary/aromatic N) is 1. The van der Waals surface area contributed by atoms with Crippen molar-refractivity contribution in [3.8, 4) is 0 Å². The van der Waals surface area contributed by atoms with Gasteiger partial charge in [0.15, 0.2) is 5.78 Å². The maximum atomic E-state index is 12.6. The van der Waals surface area contributed by atoms with Crippen molar-refractivity contribution < 1.29 is 4.79 Å². The molecule has 1 aromatic heterocycles. The van der Waals surface area contributed by atoms with Crippen molar-refractivity contribution in [1.82, 2.24) is 4.98 Å². The monoisotopic (exact) mass is 272 g/mol. The van der Waals surface area contributed by atoms with E-state index in [1.54, 1.807) is 6.07 Å². The van der Waals surface area contributed by atoms with Gasteiger partial charge in [0.05, 0.1) is 22.5 Å². The van der Waals surface area contributed by atoms with Crippen LogP contribution in [0.15, 0.2) is 60.7 Å². The predicted molar refractivity (Wildman–Crippen MR) is 83.5 cm³/mol. The average molecular weight is 272 g/mol. The third kappa shape index (κ3) is 1.68. The maximum Gasteiger partial charge on any atom is 0.197 e. The van der Waals surface area contributed by atoms with E-state index in [-0.39, 0.29) is 5.78 Å². The molecule has 1 aliphatic rings. The fourth-order valence-corrected chi connectivity index (χ4v) is 2.77. The second-order valence-corrected chi connectivity index (χ2v) is 5.05. The van der Waals surface area contributed by atoms with Crippen LogP contribution >= 0.6 is 0 Å². The number of carbonyl (C=O) groups is 1. The highest BCUT2D eigenvalue weighted by molar-refractivity contribution is 6.39. The minimum atomic E-state index is -0.0501. The summed E-state index contributed by atoms with van der Waals surface area (Å²) >= 11 is 0. The minimum absolute atomic E-state index is 0.0501. The van der Waals surface area contributed by atoms with Gasteiger partial charge in [-0.1, -0.05) is 48.5 Å². The van der Waals surface area contributed by atoms with Crippen LogP contribution in [0.5, 0.6) is 0 Å². The molecule has 0 aliphatic heterocycles. The average Bonchev–Trinajstić information content (AvgIpc) is 2.79. The van der Waals surface area contributed by atoms with E-state index in [2.05, 4.69) is 4.98 Å². The Labute approximate surface area is 121 Å². The molecular formula is C18H12N2O. The van der Waals surface area contributed by atoms with Gasteiger partial charge in [0.2, 0.25) is 0 Å². The van der Waals surface area contributed by atoms with Gasteiger partial charge in [-0.2, -0.15) is 0 Å². The maximum absolute atomic E-state index is 12.6. The van der Waals surface area contributed by atoms with E-state index in [9.17, 15) is 4.79 Å². The quantitative estimate of drug-likeness (QED) is 0.739. The van der Waals surface area contributed by atoms with Crippen LogP contribution in [0.4, 0.5) is 0 Å². The standard InChI is InChI=1S/C18H12N2O/c19-17-12-6-2-3-7-13(12)18(21)16(17)15-10-9-11-5-1-4-8-14(11)20-15/h1-10H,19H2. The molecule has 3 aromatic rings. The van der Waals surface area contributed by atoms with Gasteiger partial charge in [0, 0.05) is 16.5 Å². The van der Waals surface area contributed by atoms with E-state index < -0.39 is 0 Å². The van der Waals surface area contributed by atoms with Gasteiger partial charge in [-0.3, -0.25) is 4.79 Å². The number of benzene rings is 2. The first kappa shape index (κ1) is 11.9. The Balaban J connectivity index is 1.93. The predicted octanol–water partition coefficient (Wildman–Crippen LogP) is 3.26. The molecule has 0 atom stereocenters. The lowest BCUT2D eigenvalue weighted by molar-refractivity contribution is 0.105. The lowest BCUT2D eigenvalue weighted by Crippen LogP contribution is -2.02. The second kappa shape index (κ2) is 4.28. The van der Waals surface area contributed by atoms with Crippen molar-refractivity contribution in [1.29, 1.82) is 0 Å². The third-order valence-corrected chi connectivity index (χ3v) is 3.81. The molecule has 0 fully saturated rings. The van der Waals surface area contributed by atoms with Crippen LogP contribution in [0, 0.1) is 0 Å². The number of aromatic nitrogens is 1. The van der Waals surface area contributed by atoms with Crippen molar-refractivity contribution in [3.63, 3.8) is 0 Å². The lowest BCUT2D eigenvalue weighted by Gasteiger charge is -2.04. The molecule has 3 heteroatoms. The highest BCUT2D eigenvalue weighted by Gasteiger charge is 2.29. The highest BCUT2D eigenvalue weighted by atomic mass is 16.1. The van der Waals surface area contributed by atoms with Gasteiger partial charge in [-0.25, -0.2) is 4.98 Å². The van der Waals surface area contributed by atoms with Crippen molar-refractivity contribution >= 4 is 28.0 Å². The summed E-state index contributed by atoms with van der Waals surface area (Å²) in [6.45, 7) is 0. The largest absolute Gasteiger partial charge is 0.398 e. The summed E-state index contributed by atoms with van der Waals surface area (Å²) in [4.78, 5) is 17.1. The van der Waals surface area contributed by atoms with Crippen LogP contribution in [-0.2, 0) is 0 Å². The minimum Gasteiger partial charge on any atom is -0.398 e. The van der Waals surface area contributed by atoms with Crippen LogP contribution < -0.4 is 5.73 Å². The Bertz CT molecular complexity index is 925. The molecule has 0 spiro atoms. The summed E-state index contributed by atoms with van der Waals surface area (Å²) in [5.74, 6) is -0.0501.